The Kier molecular flexibility index (Phi) is 11.1. The number of nitrogens with one attached hydrogen (secondary N) is 3. The first-order chi connectivity index (χ1) is 15.4. The predicted molar refractivity (Wildman–Crippen MR) is 120 cm³/mol. The highest BCUT2D eigenvalue weighted by Crippen LogP contribution is 2.12. The number of hydrogen-bond acceptors (Lipinski definition) is 9. The molecule has 1 aromatic rings. The molecule has 12 nitrogen and oxygen atoms in total. The number of amides is 3. The summed E-state index contributed by atoms with van der Waals surface area (Å²) in [6, 6.07) is 0.321. The molecular weight excluding hydrogens is 456 g/mol. The van der Waals surface area contributed by atoms with Crippen LogP contribution in [0, 0.1) is 0 Å². The molecule has 33 heavy (non-hydrogen) atoms. The highest BCUT2D eigenvalue weighted by atomic mass is 32.1. The van der Waals surface area contributed by atoms with Gasteiger partial charge in [-0.05, 0) is 31.5 Å². The Morgan fingerprint density at radius 3 is 1.88 bits per heavy atom. The number of carbonyl (C=O) groups is 4. The van der Waals surface area contributed by atoms with Gasteiger partial charge in [-0.25, -0.2) is 4.79 Å². The molecule has 0 spiro atoms. The van der Waals surface area contributed by atoms with Crippen molar-refractivity contribution in [3.05, 3.63) is 29.8 Å². The van der Waals surface area contributed by atoms with Crippen LogP contribution in [0.2, 0.25) is 0 Å². The minimum absolute atomic E-state index is 0.0175. The van der Waals surface area contributed by atoms with Crippen molar-refractivity contribution in [1.29, 1.82) is 0 Å². The third-order valence-corrected chi connectivity index (χ3v) is 5.06. The molecule has 0 fully saturated rings. The fourth-order valence-electron chi connectivity index (χ4n) is 2.67. The first-order valence-electron chi connectivity index (χ1n) is 10.0. The van der Waals surface area contributed by atoms with Crippen LogP contribution in [0.15, 0.2) is 24.3 Å². The quantitative estimate of drug-likeness (QED) is 0.143. The van der Waals surface area contributed by atoms with Crippen LogP contribution in [0.1, 0.15) is 19.4 Å². The molecule has 0 bridgehead atoms. The number of rotatable bonds is 12. The lowest BCUT2D eigenvalue weighted by Gasteiger charge is -2.25. The van der Waals surface area contributed by atoms with Crippen molar-refractivity contribution in [3.8, 4) is 5.75 Å². The van der Waals surface area contributed by atoms with Crippen LogP contribution in [0.5, 0.6) is 5.75 Å². The molecule has 9 N–H and O–H groups in total. The average molecular weight is 487 g/mol. The molecule has 0 saturated carbocycles. The Bertz CT molecular complexity index is 834. The van der Waals surface area contributed by atoms with Crippen LogP contribution in [0.3, 0.4) is 0 Å². The Balaban J connectivity index is 3.07. The van der Waals surface area contributed by atoms with Gasteiger partial charge in [0.05, 0.1) is 12.2 Å². The van der Waals surface area contributed by atoms with E-state index in [2.05, 4.69) is 28.6 Å². The maximum Gasteiger partial charge on any atom is 0.328 e. The zero-order valence-corrected chi connectivity index (χ0v) is 19.0. The van der Waals surface area contributed by atoms with E-state index in [1.807, 2.05) is 0 Å². The topological polar surface area (TPSA) is 211 Å². The van der Waals surface area contributed by atoms with Crippen molar-refractivity contribution in [2.24, 2.45) is 5.73 Å². The molecule has 0 radical (unpaired) electrons. The molecule has 0 heterocycles. The zero-order chi connectivity index (χ0) is 25.3. The standard InChI is InChI=1S/C20H30N4O8S/c1-9(25)15(21)19(30)23-14(8-33)18(29)22-13(7-11-3-5-12(27)6-4-11)17(28)24-16(10(2)26)20(31)32/h3-6,9-10,13-16,25-27,33H,7-8,21H2,1-2H3,(H,22,29)(H,23,30)(H,24,28)(H,31,32). The molecule has 3 amide bonds. The van der Waals surface area contributed by atoms with Crippen LogP contribution >= 0.6 is 12.6 Å². The number of aliphatic hydroxyl groups is 2. The molecule has 0 aliphatic carbocycles. The summed E-state index contributed by atoms with van der Waals surface area (Å²) >= 11 is 4.03. The maximum absolute atomic E-state index is 12.8. The SMILES string of the molecule is CC(O)C(N)C(=O)NC(CS)C(=O)NC(Cc1ccc(O)cc1)C(=O)NC(C(=O)O)C(C)O. The molecule has 1 rings (SSSR count). The van der Waals surface area contributed by atoms with E-state index in [4.69, 9.17) is 5.73 Å². The third kappa shape index (κ3) is 8.88. The Morgan fingerprint density at radius 1 is 0.909 bits per heavy atom. The van der Waals surface area contributed by atoms with Crippen molar-refractivity contribution in [3.63, 3.8) is 0 Å². The highest BCUT2D eigenvalue weighted by molar-refractivity contribution is 7.80. The summed E-state index contributed by atoms with van der Waals surface area (Å²) in [6.07, 6.45) is -2.68. The van der Waals surface area contributed by atoms with Gasteiger partial charge in [0.25, 0.3) is 0 Å². The van der Waals surface area contributed by atoms with E-state index < -0.39 is 60.1 Å². The van der Waals surface area contributed by atoms with Crippen molar-refractivity contribution in [1.82, 2.24) is 16.0 Å². The molecule has 6 unspecified atom stereocenters. The lowest BCUT2D eigenvalue weighted by Crippen LogP contribution is -2.59. The number of phenolic OH excluding ortho intramolecular Hbond substituents is 1. The molecule has 0 aliphatic heterocycles. The molecule has 6 atom stereocenters. The molecule has 0 aliphatic rings. The second-order valence-corrected chi connectivity index (χ2v) is 7.87. The Labute approximate surface area is 196 Å². The number of carbonyl (C=O) groups excluding carboxylic acids is 3. The fraction of sp³-hybridized carbons (Fsp3) is 0.500. The molecule has 0 saturated heterocycles. The lowest BCUT2D eigenvalue weighted by molar-refractivity contribution is -0.145. The van der Waals surface area contributed by atoms with Crippen LogP contribution in [0.4, 0.5) is 0 Å². The second-order valence-electron chi connectivity index (χ2n) is 7.51. The lowest BCUT2D eigenvalue weighted by atomic mass is 10.0. The van der Waals surface area contributed by atoms with Crippen molar-refractivity contribution in [2.75, 3.05) is 5.75 Å². The summed E-state index contributed by atoms with van der Waals surface area (Å²) in [6.45, 7) is 2.49. The number of hydrogen-bond donors (Lipinski definition) is 9. The predicted octanol–water partition coefficient (Wildman–Crippen LogP) is -2.51. The zero-order valence-electron chi connectivity index (χ0n) is 18.1. The summed E-state index contributed by atoms with van der Waals surface area (Å²) in [5, 5.41) is 44.7. The largest absolute Gasteiger partial charge is 0.508 e. The van der Waals surface area contributed by atoms with Gasteiger partial charge in [0.2, 0.25) is 17.7 Å². The molecular formula is C20H30N4O8S. The Hall–Kier alpha value is -2.87. The van der Waals surface area contributed by atoms with Gasteiger partial charge in [-0.1, -0.05) is 12.1 Å². The summed E-state index contributed by atoms with van der Waals surface area (Å²) in [5.74, 6) is -4.16. The smallest absolute Gasteiger partial charge is 0.328 e. The second kappa shape index (κ2) is 13.0. The van der Waals surface area contributed by atoms with Gasteiger partial charge in [0.1, 0.15) is 23.9 Å². The van der Waals surface area contributed by atoms with Crippen LogP contribution in [-0.4, -0.2) is 86.2 Å². The van der Waals surface area contributed by atoms with E-state index in [1.54, 1.807) is 0 Å². The van der Waals surface area contributed by atoms with E-state index in [0.717, 1.165) is 0 Å². The van der Waals surface area contributed by atoms with Crippen molar-refractivity contribution < 1.29 is 39.6 Å². The summed E-state index contributed by atoms with van der Waals surface area (Å²) < 4.78 is 0. The first-order valence-corrected chi connectivity index (χ1v) is 10.6. The normalized spacial score (nSPS) is 16.4. The van der Waals surface area contributed by atoms with Gasteiger partial charge < -0.3 is 42.1 Å². The minimum Gasteiger partial charge on any atom is -0.508 e. The van der Waals surface area contributed by atoms with E-state index in [9.17, 15) is 39.6 Å². The number of benzene rings is 1. The van der Waals surface area contributed by atoms with Gasteiger partial charge in [0, 0.05) is 12.2 Å². The number of thiol groups is 1. The van der Waals surface area contributed by atoms with Crippen molar-refractivity contribution in [2.45, 2.75) is 56.6 Å². The number of aliphatic carboxylic acids is 1. The average Bonchev–Trinajstić information content (AvgIpc) is 2.75. The molecule has 184 valence electrons. The molecule has 13 heteroatoms. The maximum atomic E-state index is 12.8. The van der Waals surface area contributed by atoms with E-state index in [0.29, 0.717) is 5.56 Å². The van der Waals surface area contributed by atoms with Crippen molar-refractivity contribution >= 4 is 36.3 Å². The summed E-state index contributed by atoms with van der Waals surface area (Å²) in [7, 11) is 0. The van der Waals surface area contributed by atoms with Gasteiger partial charge >= 0.3 is 5.97 Å². The summed E-state index contributed by atoms with van der Waals surface area (Å²) in [5.41, 5.74) is 6.08. The molecule has 0 aromatic heterocycles. The van der Waals surface area contributed by atoms with Crippen LogP contribution in [0.25, 0.3) is 0 Å². The molecule has 1 aromatic carbocycles. The number of aliphatic hydroxyl groups excluding tert-OH is 2. The minimum atomic E-state index is -1.62. The van der Waals surface area contributed by atoms with E-state index >= 15 is 0 Å². The first kappa shape index (κ1) is 28.2. The number of carboxylic acids is 1. The van der Waals surface area contributed by atoms with Gasteiger partial charge in [0.15, 0.2) is 6.04 Å². The van der Waals surface area contributed by atoms with E-state index in [-0.39, 0.29) is 17.9 Å². The number of carboxylic acid groups (broad SMARTS) is 1. The fourth-order valence-corrected chi connectivity index (χ4v) is 2.93. The highest BCUT2D eigenvalue weighted by Gasteiger charge is 2.32. The van der Waals surface area contributed by atoms with Gasteiger partial charge in [-0.3, -0.25) is 14.4 Å². The summed E-state index contributed by atoms with van der Waals surface area (Å²) in [4.78, 5) is 49.0. The third-order valence-electron chi connectivity index (χ3n) is 4.69. The van der Waals surface area contributed by atoms with Gasteiger partial charge in [-0.15, -0.1) is 0 Å². The monoisotopic (exact) mass is 486 g/mol. The van der Waals surface area contributed by atoms with Crippen LogP contribution < -0.4 is 21.7 Å². The van der Waals surface area contributed by atoms with Crippen LogP contribution in [-0.2, 0) is 25.6 Å². The number of aromatic hydroxyl groups is 1. The number of nitrogens with two attached hydrogens (primary N) is 1. The van der Waals surface area contributed by atoms with E-state index in [1.165, 1.54) is 38.1 Å². The Morgan fingerprint density at radius 2 is 1.42 bits per heavy atom. The van der Waals surface area contributed by atoms with Gasteiger partial charge in [-0.2, -0.15) is 12.6 Å². The number of phenols is 1.